The molecule has 0 saturated heterocycles. The molecule has 9 heteroatoms. The standard InChI is InChI=1S/C18H31N2O7/c1-2-3-4-5-6-9-12-17(22)16(20(26)27)14-18(23)15(19(24)25)11-8-7-10-13-21/h6,9,15-18,22-23H,2-5,7-8,10-12,14H2,1H3/b9-6+. The SMILES string of the molecule is CCCCC/C=C/CC(O)C(CC(O)C(CCCC[C]=O)[N+](=O)[O-])[N+](=O)[O-]. The number of unbranched alkanes of at least 4 members (excludes halogenated alkanes) is 5. The van der Waals surface area contributed by atoms with Crippen molar-refractivity contribution in [1.29, 1.82) is 0 Å². The van der Waals surface area contributed by atoms with Crippen LogP contribution < -0.4 is 0 Å². The molecule has 0 aromatic rings. The van der Waals surface area contributed by atoms with E-state index in [4.69, 9.17) is 0 Å². The predicted molar refractivity (Wildman–Crippen MR) is 100 cm³/mol. The average molecular weight is 387 g/mol. The van der Waals surface area contributed by atoms with Gasteiger partial charge in [-0.15, -0.1) is 0 Å². The summed E-state index contributed by atoms with van der Waals surface area (Å²) in [7, 11) is 0. The molecule has 0 saturated carbocycles. The number of rotatable bonds is 17. The molecule has 0 aliphatic rings. The number of hydrogen-bond donors (Lipinski definition) is 2. The van der Waals surface area contributed by atoms with Crippen LogP contribution in [-0.4, -0.2) is 50.6 Å². The molecule has 0 aromatic carbocycles. The molecule has 0 aliphatic heterocycles. The maximum absolute atomic E-state index is 11.2. The van der Waals surface area contributed by atoms with Gasteiger partial charge in [0.15, 0.2) is 6.29 Å². The van der Waals surface area contributed by atoms with Gasteiger partial charge in [0.2, 0.25) is 12.1 Å². The Labute approximate surface area is 159 Å². The van der Waals surface area contributed by atoms with Crippen LogP contribution in [0.15, 0.2) is 12.2 Å². The maximum atomic E-state index is 11.2. The Morgan fingerprint density at radius 1 is 0.963 bits per heavy atom. The fourth-order valence-corrected chi connectivity index (χ4v) is 2.80. The first kappa shape index (κ1) is 25.1. The van der Waals surface area contributed by atoms with Crippen LogP contribution in [0.1, 0.15) is 71.1 Å². The van der Waals surface area contributed by atoms with Crippen LogP contribution in [0.4, 0.5) is 0 Å². The average Bonchev–Trinajstić information content (AvgIpc) is 2.61. The molecule has 0 rings (SSSR count). The van der Waals surface area contributed by atoms with Crippen LogP contribution in [0.25, 0.3) is 0 Å². The van der Waals surface area contributed by atoms with E-state index in [1.165, 1.54) is 0 Å². The van der Waals surface area contributed by atoms with Gasteiger partial charge in [0.05, 0.1) is 6.42 Å². The summed E-state index contributed by atoms with van der Waals surface area (Å²) in [6.07, 6.45) is 6.82. The largest absolute Gasteiger partial charge is 0.386 e. The second-order valence-corrected chi connectivity index (χ2v) is 6.67. The highest BCUT2D eigenvalue weighted by atomic mass is 16.6. The minimum Gasteiger partial charge on any atom is -0.386 e. The van der Waals surface area contributed by atoms with Gasteiger partial charge in [-0.3, -0.25) is 25.0 Å². The molecule has 0 aromatic heterocycles. The molecule has 0 spiro atoms. The molecule has 1 radical (unpaired) electrons. The lowest BCUT2D eigenvalue weighted by atomic mass is 9.95. The highest BCUT2D eigenvalue weighted by Gasteiger charge is 2.38. The first-order chi connectivity index (χ1) is 12.8. The molecule has 155 valence electrons. The second kappa shape index (κ2) is 15.2. The van der Waals surface area contributed by atoms with E-state index in [1.54, 1.807) is 12.4 Å². The van der Waals surface area contributed by atoms with Crippen LogP contribution >= 0.6 is 0 Å². The summed E-state index contributed by atoms with van der Waals surface area (Å²) >= 11 is 0. The van der Waals surface area contributed by atoms with E-state index in [2.05, 4.69) is 6.92 Å². The summed E-state index contributed by atoms with van der Waals surface area (Å²) < 4.78 is 0. The lowest BCUT2D eigenvalue weighted by molar-refractivity contribution is -0.554. The minimum absolute atomic E-state index is 0.00765. The molecule has 0 aliphatic carbocycles. The van der Waals surface area contributed by atoms with E-state index in [0.29, 0.717) is 12.8 Å². The Morgan fingerprint density at radius 3 is 2.19 bits per heavy atom. The third kappa shape index (κ3) is 11.4. The van der Waals surface area contributed by atoms with Gasteiger partial charge in [-0.2, -0.15) is 0 Å². The third-order valence-electron chi connectivity index (χ3n) is 4.46. The first-order valence-electron chi connectivity index (χ1n) is 9.48. The molecule has 4 unspecified atom stereocenters. The fourth-order valence-electron chi connectivity index (χ4n) is 2.80. The lowest BCUT2D eigenvalue weighted by Gasteiger charge is -2.20. The van der Waals surface area contributed by atoms with E-state index in [9.17, 15) is 35.2 Å². The molecular weight excluding hydrogens is 356 g/mol. The molecular formula is C18H31N2O7. The monoisotopic (exact) mass is 387 g/mol. The van der Waals surface area contributed by atoms with Crippen molar-refractivity contribution in [2.24, 2.45) is 0 Å². The van der Waals surface area contributed by atoms with E-state index < -0.39 is 40.6 Å². The highest BCUT2D eigenvalue weighted by molar-refractivity contribution is 5.50. The van der Waals surface area contributed by atoms with Gasteiger partial charge in [0, 0.05) is 22.7 Å². The predicted octanol–water partition coefficient (Wildman–Crippen LogP) is 2.59. The summed E-state index contributed by atoms with van der Waals surface area (Å²) in [4.78, 5) is 31.2. The quantitative estimate of drug-likeness (QED) is 0.169. The maximum Gasteiger partial charge on any atom is 0.241 e. The Hall–Kier alpha value is -1.87. The van der Waals surface area contributed by atoms with Crippen molar-refractivity contribution < 1.29 is 24.9 Å². The summed E-state index contributed by atoms with van der Waals surface area (Å²) in [5, 5.41) is 42.6. The minimum atomic E-state index is -1.54. The zero-order chi connectivity index (χ0) is 20.7. The van der Waals surface area contributed by atoms with Gasteiger partial charge in [-0.25, -0.2) is 0 Å². The van der Waals surface area contributed by atoms with Crippen LogP contribution in [0.3, 0.4) is 0 Å². The Morgan fingerprint density at radius 2 is 1.63 bits per heavy atom. The van der Waals surface area contributed by atoms with Crippen LogP contribution in [0.2, 0.25) is 0 Å². The van der Waals surface area contributed by atoms with E-state index in [0.717, 1.165) is 25.7 Å². The first-order valence-corrected chi connectivity index (χ1v) is 9.48. The number of nitro groups is 2. The smallest absolute Gasteiger partial charge is 0.241 e. The molecule has 4 atom stereocenters. The van der Waals surface area contributed by atoms with Crippen molar-refractivity contribution in [1.82, 2.24) is 0 Å². The molecule has 0 fully saturated rings. The van der Waals surface area contributed by atoms with Crippen molar-refractivity contribution in [3.63, 3.8) is 0 Å². The Kier molecular flexibility index (Phi) is 14.2. The fraction of sp³-hybridized carbons (Fsp3) is 0.833. The molecule has 27 heavy (non-hydrogen) atoms. The van der Waals surface area contributed by atoms with Crippen LogP contribution in [0, 0.1) is 20.2 Å². The molecule has 9 nitrogen and oxygen atoms in total. The zero-order valence-electron chi connectivity index (χ0n) is 15.9. The van der Waals surface area contributed by atoms with Gasteiger partial charge in [-0.1, -0.05) is 31.9 Å². The van der Waals surface area contributed by atoms with Crippen molar-refractivity contribution in [3.8, 4) is 0 Å². The number of aliphatic hydroxyl groups is 2. The van der Waals surface area contributed by atoms with Crippen LogP contribution in [-0.2, 0) is 4.79 Å². The number of allylic oxidation sites excluding steroid dienone is 1. The lowest BCUT2D eigenvalue weighted by Crippen LogP contribution is -2.42. The number of hydrogen-bond acceptors (Lipinski definition) is 7. The van der Waals surface area contributed by atoms with Crippen molar-refractivity contribution >= 4 is 6.29 Å². The Bertz CT molecular complexity index is 471. The molecule has 0 bridgehead atoms. The summed E-state index contributed by atoms with van der Waals surface area (Å²) in [5.74, 6) is 0. The third-order valence-corrected chi connectivity index (χ3v) is 4.46. The summed E-state index contributed by atoms with van der Waals surface area (Å²) in [5.41, 5.74) is 0. The molecule has 0 heterocycles. The van der Waals surface area contributed by atoms with Gasteiger partial charge >= 0.3 is 0 Å². The zero-order valence-corrected chi connectivity index (χ0v) is 15.9. The molecule has 2 N–H and O–H groups in total. The van der Waals surface area contributed by atoms with Gasteiger partial charge in [0.25, 0.3) is 0 Å². The number of aliphatic hydroxyl groups excluding tert-OH is 2. The summed E-state index contributed by atoms with van der Waals surface area (Å²) in [6.45, 7) is 2.08. The van der Waals surface area contributed by atoms with Gasteiger partial charge in [-0.05, 0) is 32.1 Å². The number of nitrogens with zero attached hydrogens (tertiary/aromatic N) is 2. The van der Waals surface area contributed by atoms with Crippen molar-refractivity contribution in [2.75, 3.05) is 0 Å². The second-order valence-electron chi connectivity index (χ2n) is 6.67. The normalized spacial score (nSPS) is 16.0. The van der Waals surface area contributed by atoms with E-state index >= 15 is 0 Å². The molecule has 0 amide bonds. The van der Waals surface area contributed by atoms with Crippen LogP contribution in [0.5, 0.6) is 0 Å². The van der Waals surface area contributed by atoms with Gasteiger partial charge < -0.3 is 10.2 Å². The Balaban J connectivity index is 4.66. The number of carbonyl (C=O) groups excluding carboxylic acids is 1. The topological polar surface area (TPSA) is 144 Å². The van der Waals surface area contributed by atoms with E-state index in [-0.39, 0.29) is 19.3 Å². The van der Waals surface area contributed by atoms with E-state index in [1.807, 2.05) is 6.08 Å². The van der Waals surface area contributed by atoms with Crippen molar-refractivity contribution in [2.45, 2.75) is 95.4 Å². The highest BCUT2D eigenvalue weighted by Crippen LogP contribution is 2.18. The van der Waals surface area contributed by atoms with Crippen molar-refractivity contribution in [3.05, 3.63) is 32.4 Å². The summed E-state index contributed by atoms with van der Waals surface area (Å²) in [6, 6.07) is -2.85. The van der Waals surface area contributed by atoms with Gasteiger partial charge in [0.1, 0.15) is 12.2 Å².